The van der Waals surface area contributed by atoms with Gasteiger partial charge in [-0.25, -0.2) is 8.42 Å². The topological polar surface area (TPSA) is 74.8 Å². The summed E-state index contributed by atoms with van der Waals surface area (Å²) in [4.78, 5) is 29.6. The maximum atomic E-state index is 13.1. The molecule has 2 saturated heterocycles. The third-order valence-electron chi connectivity index (χ3n) is 5.76. The monoisotopic (exact) mass is 356 g/mol. The highest BCUT2D eigenvalue weighted by molar-refractivity contribution is 7.91. The standard InChI is InChI=1S/C17H28N2O4S/c1-3-19(14-6-10-24(22,23)12-14)16(21)17(7-8-17)15(20)18-9-4-5-13(2)11-18/h13-14H,3-12H2,1-2H3. The fourth-order valence-electron chi connectivity index (χ4n) is 4.18. The van der Waals surface area contributed by atoms with Crippen molar-refractivity contribution in [1.82, 2.24) is 9.80 Å². The first-order valence-corrected chi connectivity index (χ1v) is 10.9. The van der Waals surface area contributed by atoms with Crippen LogP contribution in [-0.4, -0.2) is 67.2 Å². The van der Waals surface area contributed by atoms with Crippen molar-refractivity contribution in [3.8, 4) is 0 Å². The summed E-state index contributed by atoms with van der Waals surface area (Å²) in [6.45, 7) is 5.94. The zero-order valence-corrected chi connectivity index (χ0v) is 15.5. The van der Waals surface area contributed by atoms with Crippen molar-refractivity contribution in [3.63, 3.8) is 0 Å². The zero-order valence-electron chi connectivity index (χ0n) is 14.7. The van der Waals surface area contributed by atoms with Crippen LogP contribution in [0.15, 0.2) is 0 Å². The molecule has 24 heavy (non-hydrogen) atoms. The number of sulfone groups is 1. The molecule has 2 unspecified atom stereocenters. The Kier molecular flexibility index (Phi) is 4.66. The molecule has 136 valence electrons. The Morgan fingerprint density at radius 3 is 2.46 bits per heavy atom. The lowest BCUT2D eigenvalue weighted by molar-refractivity contribution is -0.151. The summed E-state index contributed by atoms with van der Waals surface area (Å²) in [7, 11) is -3.05. The summed E-state index contributed by atoms with van der Waals surface area (Å²) < 4.78 is 23.5. The molecule has 0 aromatic heterocycles. The predicted molar refractivity (Wildman–Crippen MR) is 91.1 cm³/mol. The van der Waals surface area contributed by atoms with Crippen LogP contribution in [0, 0.1) is 11.3 Å². The summed E-state index contributed by atoms with van der Waals surface area (Å²) in [6, 6.07) is -0.266. The van der Waals surface area contributed by atoms with Gasteiger partial charge in [-0.05, 0) is 44.9 Å². The lowest BCUT2D eigenvalue weighted by Crippen LogP contribution is -2.52. The molecule has 2 atom stereocenters. The van der Waals surface area contributed by atoms with E-state index in [1.54, 1.807) is 4.90 Å². The van der Waals surface area contributed by atoms with E-state index < -0.39 is 15.3 Å². The minimum atomic E-state index is -3.05. The van der Waals surface area contributed by atoms with Gasteiger partial charge in [0, 0.05) is 25.7 Å². The van der Waals surface area contributed by atoms with Gasteiger partial charge < -0.3 is 9.80 Å². The van der Waals surface area contributed by atoms with Gasteiger partial charge in [-0.2, -0.15) is 0 Å². The van der Waals surface area contributed by atoms with Crippen molar-refractivity contribution >= 4 is 21.7 Å². The molecule has 0 spiro atoms. The highest BCUT2D eigenvalue weighted by Gasteiger charge is 2.60. The van der Waals surface area contributed by atoms with Gasteiger partial charge in [0.2, 0.25) is 11.8 Å². The van der Waals surface area contributed by atoms with Gasteiger partial charge in [0.1, 0.15) is 5.41 Å². The number of hydrogen-bond acceptors (Lipinski definition) is 4. The van der Waals surface area contributed by atoms with Gasteiger partial charge in [0.05, 0.1) is 11.5 Å². The predicted octanol–water partition coefficient (Wildman–Crippen LogP) is 1.06. The van der Waals surface area contributed by atoms with E-state index in [1.165, 1.54) is 0 Å². The van der Waals surface area contributed by atoms with E-state index in [2.05, 4.69) is 6.92 Å². The maximum absolute atomic E-state index is 13.1. The molecule has 3 fully saturated rings. The van der Waals surface area contributed by atoms with E-state index in [-0.39, 0.29) is 29.4 Å². The minimum Gasteiger partial charge on any atom is -0.342 e. The van der Waals surface area contributed by atoms with E-state index in [9.17, 15) is 18.0 Å². The smallest absolute Gasteiger partial charge is 0.238 e. The van der Waals surface area contributed by atoms with Crippen LogP contribution in [0.5, 0.6) is 0 Å². The average Bonchev–Trinajstić information content (AvgIpc) is 3.27. The molecule has 2 heterocycles. The maximum Gasteiger partial charge on any atom is 0.238 e. The van der Waals surface area contributed by atoms with Crippen LogP contribution in [0.4, 0.5) is 0 Å². The van der Waals surface area contributed by atoms with Crippen molar-refractivity contribution < 1.29 is 18.0 Å². The molecule has 0 bridgehead atoms. The molecule has 0 radical (unpaired) electrons. The number of hydrogen-bond donors (Lipinski definition) is 0. The molecule has 0 N–H and O–H groups in total. The Bertz CT molecular complexity index is 627. The molecule has 7 heteroatoms. The van der Waals surface area contributed by atoms with Gasteiger partial charge in [-0.1, -0.05) is 6.92 Å². The van der Waals surface area contributed by atoms with Gasteiger partial charge >= 0.3 is 0 Å². The van der Waals surface area contributed by atoms with E-state index >= 15 is 0 Å². The van der Waals surface area contributed by atoms with Crippen LogP contribution in [-0.2, 0) is 19.4 Å². The molecule has 0 aromatic carbocycles. The van der Waals surface area contributed by atoms with Crippen molar-refractivity contribution in [2.24, 2.45) is 11.3 Å². The van der Waals surface area contributed by atoms with Gasteiger partial charge in [-0.15, -0.1) is 0 Å². The summed E-state index contributed by atoms with van der Waals surface area (Å²) in [5.74, 6) is 0.494. The SMILES string of the molecule is CCN(C(=O)C1(C(=O)N2CCCC(C)C2)CC1)C1CCS(=O)(=O)C1. The Morgan fingerprint density at radius 2 is 1.96 bits per heavy atom. The van der Waals surface area contributed by atoms with Gasteiger partial charge in [0.25, 0.3) is 0 Å². The van der Waals surface area contributed by atoms with Crippen LogP contribution in [0.2, 0.25) is 0 Å². The van der Waals surface area contributed by atoms with Gasteiger partial charge in [-0.3, -0.25) is 9.59 Å². The number of piperidine rings is 1. The number of carbonyl (C=O) groups excluding carboxylic acids is 2. The Hall–Kier alpha value is -1.11. The summed E-state index contributed by atoms with van der Waals surface area (Å²) >= 11 is 0. The Morgan fingerprint density at radius 1 is 1.25 bits per heavy atom. The summed E-state index contributed by atoms with van der Waals surface area (Å²) in [5.41, 5.74) is -0.903. The van der Waals surface area contributed by atoms with E-state index in [0.717, 1.165) is 25.9 Å². The minimum absolute atomic E-state index is 0.0293. The average molecular weight is 356 g/mol. The molecule has 2 aliphatic heterocycles. The van der Waals surface area contributed by atoms with Crippen molar-refractivity contribution in [1.29, 1.82) is 0 Å². The molecule has 2 amide bonds. The lowest BCUT2D eigenvalue weighted by atomic mass is 9.96. The lowest BCUT2D eigenvalue weighted by Gasteiger charge is -2.36. The molecular formula is C17H28N2O4S. The third-order valence-corrected chi connectivity index (χ3v) is 7.51. The molecule has 3 rings (SSSR count). The summed E-state index contributed by atoms with van der Waals surface area (Å²) in [5, 5.41) is 0. The quantitative estimate of drug-likeness (QED) is 0.706. The van der Waals surface area contributed by atoms with Crippen molar-refractivity contribution in [2.75, 3.05) is 31.1 Å². The zero-order chi connectivity index (χ0) is 17.5. The van der Waals surface area contributed by atoms with Crippen molar-refractivity contribution in [3.05, 3.63) is 0 Å². The highest BCUT2D eigenvalue weighted by Crippen LogP contribution is 2.49. The number of nitrogens with zero attached hydrogens (tertiary/aromatic N) is 2. The molecule has 1 saturated carbocycles. The van der Waals surface area contributed by atoms with E-state index in [0.29, 0.717) is 31.7 Å². The second kappa shape index (κ2) is 6.32. The third kappa shape index (κ3) is 3.19. The highest BCUT2D eigenvalue weighted by atomic mass is 32.2. The fraction of sp³-hybridized carbons (Fsp3) is 0.882. The molecular weight excluding hydrogens is 328 g/mol. The van der Waals surface area contributed by atoms with Gasteiger partial charge in [0.15, 0.2) is 9.84 Å². The van der Waals surface area contributed by atoms with Crippen LogP contribution < -0.4 is 0 Å². The van der Waals surface area contributed by atoms with Crippen LogP contribution >= 0.6 is 0 Å². The van der Waals surface area contributed by atoms with Crippen LogP contribution in [0.3, 0.4) is 0 Å². The first-order valence-electron chi connectivity index (χ1n) is 9.10. The Labute approximate surface area is 144 Å². The first kappa shape index (κ1) is 17.7. The molecule has 1 aliphatic carbocycles. The van der Waals surface area contributed by atoms with E-state index in [1.807, 2.05) is 11.8 Å². The number of rotatable bonds is 4. The largest absolute Gasteiger partial charge is 0.342 e. The molecule has 3 aliphatic rings. The van der Waals surface area contributed by atoms with Crippen molar-refractivity contribution in [2.45, 2.75) is 52.0 Å². The van der Waals surface area contributed by atoms with Crippen LogP contribution in [0.1, 0.15) is 46.0 Å². The molecule has 6 nitrogen and oxygen atoms in total. The second-order valence-corrected chi connectivity index (χ2v) is 9.96. The Balaban J connectivity index is 1.74. The first-order chi connectivity index (χ1) is 11.3. The second-order valence-electron chi connectivity index (χ2n) is 7.73. The summed E-state index contributed by atoms with van der Waals surface area (Å²) in [6.07, 6.45) is 3.82. The van der Waals surface area contributed by atoms with Crippen LogP contribution in [0.25, 0.3) is 0 Å². The van der Waals surface area contributed by atoms with E-state index in [4.69, 9.17) is 0 Å². The molecule has 0 aromatic rings. The normalized spacial score (nSPS) is 30.8. The number of amides is 2. The fourth-order valence-corrected chi connectivity index (χ4v) is 5.92. The number of likely N-dealkylation sites (tertiary alicyclic amines) is 1. The number of carbonyl (C=O) groups is 2.